The van der Waals surface area contributed by atoms with Crippen molar-refractivity contribution in [3.05, 3.63) is 76.8 Å². The van der Waals surface area contributed by atoms with Crippen LogP contribution in [-0.4, -0.2) is 52.5 Å². The van der Waals surface area contributed by atoms with Gasteiger partial charge in [0, 0.05) is 17.9 Å². The van der Waals surface area contributed by atoms with Crippen molar-refractivity contribution in [2.45, 2.75) is 89.9 Å². The van der Waals surface area contributed by atoms with E-state index in [1.165, 1.54) is 0 Å². The van der Waals surface area contributed by atoms with Crippen LogP contribution in [0.1, 0.15) is 83.3 Å². The standard InChI is InChI=1S/C38H49ClO8S/c1-4-25-48(42,43)34-27-31(29-17-19-32(39)20-18-29)26-33(28-34)46-23-10-8-7-9-13-30-14-11-15-36(35(30)21-22-38(41)45-6-3)47-24-12-16-37(40)44-5-2/h11,14-15,17-20,26-28H,4-10,12-13,16,21-25H2,1-3H3. The smallest absolute Gasteiger partial charge is 0.306 e. The molecule has 3 aromatic carbocycles. The van der Waals surface area contributed by atoms with E-state index in [0.29, 0.717) is 62.9 Å². The summed E-state index contributed by atoms with van der Waals surface area (Å²) in [6.07, 6.45) is 6.68. The molecule has 0 N–H and O–H groups in total. The van der Waals surface area contributed by atoms with E-state index in [0.717, 1.165) is 60.1 Å². The zero-order chi connectivity index (χ0) is 34.8. The molecule has 0 aliphatic carbocycles. The molecule has 0 aliphatic heterocycles. The third-order valence-electron chi connectivity index (χ3n) is 7.70. The van der Waals surface area contributed by atoms with Crippen LogP contribution in [0.15, 0.2) is 65.6 Å². The molecular weight excluding hydrogens is 652 g/mol. The number of hydrogen-bond acceptors (Lipinski definition) is 8. The fourth-order valence-electron chi connectivity index (χ4n) is 5.35. The predicted octanol–water partition coefficient (Wildman–Crippen LogP) is 8.59. The number of rotatable bonds is 22. The molecule has 262 valence electrons. The van der Waals surface area contributed by atoms with E-state index in [2.05, 4.69) is 6.07 Å². The average molecular weight is 701 g/mol. The summed E-state index contributed by atoms with van der Waals surface area (Å²) >= 11 is 6.07. The number of esters is 2. The molecule has 3 aromatic rings. The molecule has 0 amide bonds. The molecular formula is C38H49ClO8S. The summed E-state index contributed by atoms with van der Waals surface area (Å²) in [6, 6.07) is 18.4. The SMILES string of the molecule is CCCS(=O)(=O)c1cc(OCCCCCCc2cccc(OCCCC(=O)OCC)c2CCC(=O)OCC)cc(-c2ccc(Cl)cc2)c1. The van der Waals surface area contributed by atoms with Crippen molar-refractivity contribution < 1.29 is 37.0 Å². The van der Waals surface area contributed by atoms with Crippen LogP contribution in [0.2, 0.25) is 5.02 Å². The van der Waals surface area contributed by atoms with Crippen LogP contribution in [0.25, 0.3) is 11.1 Å². The summed E-state index contributed by atoms with van der Waals surface area (Å²) in [7, 11) is -3.43. The van der Waals surface area contributed by atoms with Gasteiger partial charge < -0.3 is 18.9 Å². The Morgan fingerprint density at radius 3 is 2.10 bits per heavy atom. The molecule has 0 fully saturated rings. The highest BCUT2D eigenvalue weighted by Gasteiger charge is 2.17. The molecule has 3 rings (SSSR count). The van der Waals surface area contributed by atoms with Gasteiger partial charge in [-0.15, -0.1) is 0 Å². The van der Waals surface area contributed by atoms with E-state index < -0.39 is 9.84 Å². The van der Waals surface area contributed by atoms with Gasteiger partial charge in [-0.2, -0.15) is 0 Å². The second kappa shape index (κ2) is 20.7. The Morgan fingerprint density at radius 1 is 0.708 bits per heavy atom. The van der Waals surface area contributed by atoms with Crippen LogP contribution < -0.4 is 9.47 Å². The minimum Gasteiger partial charge on any atom is -0.494 e. The number of benzene rings is 3. The van der Waals surface area contributed by atoms with Crippen LogP contribution in [0, 0.1) is 0 Å². The van der Waals surface area contributed by atoms with E-state index >= 15 is 0 Å². The van der Waals surface area contributed by atoms with Gasteiger partial charge in [-0.1, -0.05) is 55.6 Å². The quantitative estimate of drug-likeness (QED) is 0.0758. The minimum atomic E-state index is -3.43. The largest absolute Gasteiger partial charge is 0.494 e. The monoisotopic (exact) mass is 700 g/mol. The average Bonchev–Trinajstić information content (AvgIpc) is 3.06. The first kappa shape index (κ1) is 38.9. The van der Waals surface area contributed by atoms with Gasteiger partial charge in [0.05, 0.1) is 37.1 Å². The van der Waals surface area contributed by atoms with Crippen molar-refractivity contribution in [3.63, 3.8) is 0 Å². The molecule has 0 aromatic heterocycles. The molecule has 10 heteroatoms. The normalized spacial score (nSPS) is 11.2. The third-order valence-corrected chi connectivity index (χ3v) is 9.85. The molecule has 0 radical (unpaired) electrons. The lowest BCUT2D eigenvalue weighted by Gasteiger charge is -2.16. The number of sulfone groups is 1. The number of aryl methyl sites for hydroxylation is 1. The topological polar surface area (TPSA) is 105 Å². The second-order valence-corrected chi connectivity index (χ2v) is 14.0. The summed E-state index contributed by atoms with van der Waals surface area (Å²) < 4.78 is 48.1. The lowest BCUT2D eigenvalue weighted by molar-refractivity contribution is -0.144. The Hall–Kier alpha value is -3.56. The predicted molar refractivity (Wildman–Crippen MR) is 190 cm³/mol. The summed E-state index contributed by atoms with van der Waals surface area (Å²) in [6.45, 7) is 6.98. The van der Waals surface area contributed by atoms with Gasteiger partial charge in [-0.25, -0.2) is 8.42 Å². The van der Waals surface area contributed by atoms with Crippen LogP contribution in [-0.2, 0) is 41.7 Å². The van der Waals surface area contributed by atoms with E-state index in [1.54, 1.807) is 38.1 Å². The zero-order valence-electron chi connectivity index (χ0n) is 28.4. The first-order chi connectivity index (χ1) is 23.2. The molecule has 8 nitrogen and oxygen atoms in total. The first-order valence-electron chi connectivity index (χ1n) is 17.0. The highest BCUT2D eigenvalue weighted by molar-refractivity contribution is 7.91. The van der Waals surface area contributed by atoms with Crippen molar-refractivity contribution in [3.8, 4) is 22.6 Å². The second-order valence-electron chi connectivity index (χ2n) is 11.5. The summed E-state index contributed by atoms with van der Waals surface area (Å²) in [4.78, 5) is 24.1. The van der Waals surface area contributed by atoms with Crippen LogP contribution in [0.4, 0.5) is 0 Å². The van der Waals surface area contributed by atoms with Gasteiger partial charge in [-0.3, -0.25) is 9.59 Å². The Labute approximate surface area is 291 Å². The summed E-state index contributed by atoms with van der Waals surface area (Å²) in [5, 5.41) is 0.613. The first-order valence-corrected chi connectivity index (χ1v) is 19.0. The number of carbonyl (C=O) groups is 2. The molecule has 0 heterocycles. The Morgan fingerprint density at radius 2 is 1.40 bits per heavy atom. The highest BCUT2D eigenvalue weighted by atomic mass is 35.5. The summed E-state index contributed by atoms with van der Waals surface area (Å²) in [5.41, 5.74) is 3.77. The molecule has 0 unspecified atom stereocenters. The Balaban J connectivity index is 1.57. The van der Waals surface area contributed by atoms with Crippen molar-refractivity contribution in [2.24, 2.45) is 0 Å². The van der Waals surface area contributed by atoms with E-state index in [1.807, 2.05) is 37.3 Å². The molecule has 48 heavy (non-hydrogen) atoms. The van der Waals surface area contributed by atoms with Crippen molar-refractivity contribution >= 4 is 33.4 Å². The lowest BCUT2D eigenvalue weighted by Crippen LogP contribution is -2.10. The molecule has 0 atom stereocenters. The Kier molecular flexibility index (Phi) is 16.8. The van der Waals surface area contributed by atoms with Gasteiger partial charge in [0.2, 0.25) is 0 Å². The Bertz CT molecular complexity index is 1550. The van der Waals surface area contributed by atoms with E-state index in [4.69, 9.17) is 30.5 Å². The molecule has 0 aliphatic rings. The van der Waals surface area contributed by atoms with Gasteiger partial charge in [0.1, 0.15) is 11.5 Å². The van der Waals surface area contributed by atoms with Gasteiger partial charge in [0.25, 0.3) is 0 Å². The number of carbonyl (C=O) groups excluding carboxylic acids is 2. The maximum atomic E-state index is 12.9. The molecule has 0 saturated carbocycles. The van der Waals surface area contributed by atoms with Gasteiger partial charge >= 0.3 is 11.9 Å². The number of hydrogen-bond donors (Lipinski definition) is 0. The van der Waals surface area contributed by atoms with Crippen LogP contribution in [0.3, 0.4) is 0 Å². The molecule has 0 saturated heterocycles. The van der Waals surface area contributed by atoms with Crippen molar-refractivity contribution in [1.82, 2.24) is 0 Å². The van der Waals surface area contributed by atoms with Gasteiger partial charge in [0.15, 0.2) is 9.84 Å². The van der Waals surface area contributed by atoms with Crippen molar-refractivity contribution in [1.29, 1.82) is 0 Å². The number of unbranched alkanes of at least 4 members (excludes halogenated alkanes) is 3. The lowest BCUT2D eigenvalue weighted by atomic mass is 9.96. The molecule has 0 bridgehead atoms. The number of halogens is 1. The summed E-state index contributed by atoms with van der Waals surface area (Å²) in [5.74, 6) is 0.858. The maximum absolute atomic E-state index is 12.9. The van der Waals surface area contributed by atoms with Gasteiger partial charge in [-0.05, 0) is 111 Å². The third kappa shape index (κ3) is 13.2. The van der Waals surface area contributed by atoms with Crippen LogP contribution >= 0.6 is 11.6 Å². The minimum absolute atomic E-state index is 0.0750. The highest BCUT2D eigenvalue weighted by Crippen LogP contribution is 2.31. The number of ether oxygens (including phenoxy) is 4. The zero-order valence-corrected chi connectivity index (χ0v) is 30.0. The van der Waals surface area contributed by atoms with E-state index in [-0.39, 0.29) is 29.0 Å². The van der Waals surface area contributed by atoms with E-state index in [9.17, 15) is 18.0 Å². The maximum Gasteiger partial charge on any atom is 0.306 e. The van der Waals surface area contributed by atoms with Crippen LogP contribution in [0.5, 0.6) is 11.5 Å². The fourth-order valence-corrected chi connectivity index (χ4v) is 6.85. The molecule has 0 spiro atoms. The van der Waals surface area contributed by atoms with Crippen molar-refractivity contribution in [2.75, 3.05) is 32.2 Å². The fraction of sp³-hybridized carbons (Fsp3) is 0.474.